The Morgan fingerprint density at radius 3 is 2.75 bits per heavy atom. The molecule has 16 heavy (non-hydrogen) atoms. The fourth-order valence-corrected chi connectivity index (χ4v) is 3.26. The van der Waals surface area contributed by atoms with Gasteiger partial charge in [0.05, 0.1) is 12.2 Å². The monoisotopic (exact) mass is 239 g/mol. The van der Waals surface area contributed by atoms with Crippen LogP contribution in [0.15, 0.2) is 12.1 Å². The van der Waals surface area contributed by atoms with Crippen molar-refractivity contribution in [1.82, 2.24) is 0 Å². The summed E-state index contributed by atoms with van der Waals surface area (Å²) < 4.78 is 5.81. The van der Waals surface area contributed by atoms with Gasteiger partial charge >= 0.3 is 0 Å². The molecule has 0 aliphatic carbocycles. The Morgan fingerprint density at radius 2 is 2.19 bits per heavy atom. The van der Waals surface area contributed by atoms with Crippen molar-refractivity contribution >= 4 is 11.3 Å². The zero-order valence-corrected chi connectivity index (χ0v) is 10.9. The van der Waals surface area contributed by atoms with Gasteiger partial charge in [0.25, 0.3) is 0 Å². The average Bonchev–Trinajstić information content (AvgIpc) is 2.87. The van der Waals surface area contributed by atoms with Gasteiger partial charge in [0.1, 0.15) is 0 Å². The molecule has 2 nitrogen and oxygen atoms in total. The molecule has 1 saturated heterocycles. The Bertz CT molecular complexity index is 336. The van der Waals surface area contributed by atoms with Gasteiger partial charge in [-0.3, -0.25) is 0 Å². The fraction of sp³-hybridized carbons (Fsp3) is 0.692. The molecule has 1 aliphatic rings. The van der Waals surface area contributed by atoms with E-state index in [9.17, 15) is 0 Å². The van der Waals surface area contributed by atoms with Crippen LogP contribution in [0.1, 0.15) is 36.4 Å². The molecule has 1 fully saturated rings. The minimum atomic E-state index is 0.160. The van der Waals surface area contributed by atoms with Gasteiger partial charge < -0.3 is 10.5 Å². The second-order valence-electron chi connectivity index (χ2n) is 4.65. The maximum absolute atomic E-state index is 6.21. The first kappa shape index (κ1) is 12.1. The van der Waals surface area contributed by atoms with Crippen molar-refractivity contribution in [3.63, 3.8) is 0 Å². The highest BCUT2D eigenvalue weighted by molar-refractivity contribution is 7.11. The van der Waals surface area contributed by atoms with Crippen LogP contribution in [0.3, 0.4) is 0 Å². The first-order valence-corrected chi connectivity index (χ1v) is 6.99. The number of rotatable bonds is 4. The van der Waals surface area contributed by atoms with Crippen molar-refractivity contribution in [1.29, 1.82) is 0 Å². The highest BCUT2D eigenvalue weighted by atomic mass is 32.1. The number of nitrogens with two attached hydrogens (primary N) is 1. The second kappa shape index (κ2) is 5.30. The molecule has 0 bridgehead atoms. The number of thiophene rings is 1. The highest BCUT2D eigenvalue weighted by Gasteiger charge is 2.27. The zero-order chi connectivity index (χ0) is 11.5. The predicted molar refractivity (Wildman–Crippen MR) is 68.9 cm³/mol. The van der Waals surface area contributed by atoms with Crippen molar-refractivity contribution in [3.8, 4) is 0 Å². The summed E-state index contributed by atoms with van der Waals surface area (Å²) >= 11 is 1.89. The molecule has 3 atom stereocenters. The smallest absolute Gasteiger partial charge is 0.0734 e. The van der Waals surface area contributed by atoms with E-state index in [0.717, 1.165) is 25.7 Å². The summed E-state index contributed by atoms with van der Waals surface area (Å²) in [5, 5.41) is 0. The van der Waals surface area contributed by atoms with Crippen LogP contribution in [0.4, 0.5) is 0 Å². The Labute approximate surface area is 102 Å². The topological polar surface area (TPSA) is 35.2 Å². The maximum Gasteiger partial charge on any atom is 0.0734 e. The maximum atomic E-state index is 6.21. The number of hydrogen-bond acceptors (Lipinski definition) is 3. The van der Waals surface area contributed by atoms with Gasteiger partial charge in [0.2, 0.25) is 0 Å². The normalized spacial score (nSPS) is 27.2. The fourth-order valence-electron chi connectivity index (χ4n) is 2.23. The van der Waals surface area contributed by atoms with E-state index in [-0.39, 0.29) is 12.1 Å². The van der Waals surface area contributed by atoms with Crippen LogP contribution < -0.4 is 5.73 Å². The molecule has 0 spiro atoms. The summed E-state index contributed by atoms with van der Waals surface area (Å²) in [5.41, 5.74) is 6.21. The van der Waals surface area contributed by atoms with Gasteiger partial charge in [-0.2, -0.15) is 0 Å². The molecule has 1 aromatic rings. The molecule has 1 aliphatic heterocycles. The van der Waals surface area contributed by atoms with Crippen LogP contribution >= 0.6 is 11.3 Å². The number of aryl methyl sites for hydroxylation is 1. The van der Waals surface area contributed by atoms with Gasteiger partial charge in [0.15, 0.2) is 0 Å². The summed E-state index contributed by atoms with van der Waals surface area (Å²) in [5.74, 6) is 0. The molecule has 2 N–H and O–H groups in total. The van der Waals surface area contributed by atoms with Crippen molar-refractivity contribution in [3.05, 3.63) is 21.9 Å². The number of hydrogen-bond donors (Lipinski definition) is 1. The van der Waals surface area contributed by atoms with E-state index in [1.165, 1.54) is 9.75 Å². The largest absolute Gasteiger partial charge is 0.374 e. The van der Waals surface area contributed by atoms with E-state index < -0.39 is 0 Å². The summed E-state index contributed by atoms with van der Waals surface area (Å²) in [4.78, 5) is 2.84. The summed E-state index contributed by atoms with van der Waals surface area (Å²) in [6, 6.07) is 4.58. The van der Waals surface area contributed by atoms with Gasteiger partial charge in [-0.1, -0.05) is 6.92 Å². The van der Waals surface area contributed by atoms with Gasteiger partial charge in [-0.15, -0.1) is 11.3 Å². The van der Waals surface area contributed by atoms with E-state index >= 15 is 0 Å². The molecule has 1 aromatic heterocycles. The van der Waals surface area contributed by atoms with Crippen molar-refractivity contribution < 1.29 is 4.74 Å². The first-order chi connectivity index (χ1) is 7.69. The molecule has 3 unspecified atom stereocenters. The Morgan fingerprint density at radius 1 is 1.44 bits per heavy atom. The lowest BCUT2D eigenvalue weighted by molar-refractivity contribution is 0.0406. The van der Waals surface area contributed by atoms with E-state index in [0.29, 0.717) is 6.10 Å². The molecule has 2 rings (SSSR count). The molecule has 0 saturated carbocycles. The van der Waals surface area contributed by atoms with Crippen LogP contribution in [-0.4, -0.2) is 18.2 Å². The summed E-state index contributed by atoms with van der Waals surface area (Å²) in [6.07, 6.45) is 5.02. The Hall–Kier alpha value is -0.380. The first-order valence-electron chi connectivity index (χ1n) is 6.17. The molecular formula is C13H21NOS. The number of ether oxygens (including phenoxy) is 1. The third-order valence-corrected chi connectivity index (χ3v) is 4.50. The van der Waals surface area contributed by atoms with Crippen LogP contribution in [0.5, 0.6) is 0 Å². The molecule has 3 heteroatoms. The van der Waals surface area contributed by atoms with Gasteiger partial charge in [-0.25, -0.2) is 0 Å². The molecule has 2 heterocycles. The quantitative estimate of drug-likeness (QED) is 0.877. The van der Waals surface area contributed by atoms with E-state index in [4.69, 9.17) is 10.5 Å². The Balaban J connectivity index is 1.89. The minimum absolute atomic E-state index is 0.160. The second-order valence-corrected chi connectivity index (χ2v) is 5.90. The summed E-state index contributed by atoms with van der Waals surface area (Å²) in [6.45, 7) is 4.32. The van der Waals surface area contributed by atoms with E-state index in [1.807, 2.05) is 11.3 Å². The molecular weight excluding hydrogens is 218 g/mol. The van der Waals surface area contributed by atoms with Crippen LogP contribution in [0.2, 0.25) is 0 Å². The molecule has 90 valence electrons. The minimum Gasteiger partial charge on any atom is -0.374 e. The molecule has 0 radical (unpaired) electrons. The van der Waals surface area contributed by atoms with Crippen molar-refractivity contribution in [2.45, 2.75) is 57.8 Å². The third kappa shape index (κ3) is 2.84. The zero-order valence-electron chi connectivity index (χ0n) is 10.1. The van der Waals surface area contributed by atoms with Gasteiger partial charge in [-0.05, 0) is 44.7 Å². The lowest BCUT2D eigenvalue weighted by atomic mass is 10.0. The van der Waals surface area contributed by atoms with Crippen molar-refractivity contribution in [2.75, 3.05) is 0 Å². The SMILES string of the molecule is CCc1ccc(CC(N)C2CCC(C)O2)s1. The van der Waals surface area contributed by atoms with Crippen LogP contribution in [0, 0.1) is 0 Å². The van der Waals surface area contributed by atoms with E-state index in [2.05, 4.69) is 26.0 Å². The lowest BCUT2D eigenvalue weighted by Crippen LogP contribution is -2.36. The van der Waals surface area contributed by atoms with Crippen LogP contribution in [0.25, 0.3) is 0 Å². The summed E-state index contributed by atoms with van der Waals surface area (Å²) in [7, 11) is 0. The van der Waals surface area contributed by atoms with Crippen LogP contribution in [-0.2, 0) is 17.6 Å². The van der Waals surface area contributed by atoms with E-state index in [1.54, 1.807) is 0 Å². The standard InChI is InChI=1S/C13H21NOS/c1-3-10-5-6-11(16-10)8-12(14)13-7-4-9(2)15-13/h5-6,9,12-13H,3-4,7-8,14H2,1-2H3. The van der Waals surface area contributed by atoms with Gasteiger partial charge in [0, 0.05) is 15.8 Å². The molecule has 0 aromatic carbocycles. The highest BCUT2D eigenvalue weighted by Crippen LogP contribution is 2.24. The Kier molecular flexibility index (Phi) is 4.00. The average molecular weight is 239 g/mol. The molecule has 0 amide bonds. The lowest BCUT2D eigenvalue weighted by Gasteiger charge is -2.18. The van der Waals surface area contributed by atoms with Crippen molar-refractivity contribution in [2.24, 2.45) is 5.73 Å². The third-order valence-electron chi connectivity index (χ3n) is 3.25. The predicted octanol–water partition coefficient (Wildman–Crippen LogP) is 2.75.